The first-order valence-corrected chi connectivity index (χ1v) is 10.4. The first-order chi connectivity index (χ1) is 13.1. The molecule has 0 atom stereocenters. The van der Waals surface area contributed by atoms with E-state index >= 15 is 0 Å². The Hall–Kier alpha value is -1.75. The van der Waals surface area contributed by atoms with Gasteiger partial charge in [0.15, 0.2) is 5.11 Å². The van der Waals surface area contributed by atoms with Gasteiger partial charge in [-0.05, 0) is 54.9 Å². The highest BCUT2D eigenvalue weighted by Gasteiger charge is 2.25. The van der Waals surface area contributed by atoms with Crippen LogP contribution in [0.25, 0.3) is 10.9 Å². The van der Waals surface area contributed by atoms with E-state index in [-0.39, 0.29) is 0 Å². The fourth-order valence-electron chi connectivity index (χ4n) is 3.85. The number of hydrogen-bond donors (Lipinski definition) is 2. The molecule has 1 aliphatic rings. The summed E-state index contributed by atoms with van der Waals surface area (Å²) in [6, 6.07) is 14.2. The van der Waals surface area contributed by atoms with Crippen molar-refractivity contribution in [2.45, 2.75) is 38.3 Å². The first-order valence-electron chi connectivity index (χ1n) is 9.19. The fraction of sp³-hybridized carbons (Fsp3) is 0.286. The van der Waals surface area contributed by atoms with Crippen LogP contribution in [-0.4, -0.2) is 21.0 Å². The highest BCUT2D eigenvalue weighted by Crippen LogP contribution is 2.29. The molecular weight excluding hydrogens is 397 g/mol. The lowest BCUT2D eigenvalue weighted by Crippen LogP contribution is -2.40. The molecule has 6 heteroatoms. The molecule has 0 bridgehead atoms. The maximum absolute atomic E-state index is 6.14. The van der Waals surface area contributed by atoms with Crippen molar-refractivity contribution >= 4 is 57.1 Å². The average Bonchev–Trinajstić information content (AvgIpc) is 3.28. The third kappa shape index (κ3) is 4.23. The molecule has 0 saturated heterocycles. The van der Waals surface area contributed by atoms with Crippen LogP contribution in [-0.2, 0) is 6.54 Å². The molecule has 1 aromatic heterocycles. The minimum absolute atomic E-state index is 0.452. The second-order valence-electron chi connectivity index (χ2n) is 7.01. The molecule has 2 aromatic carbocycles. The third-order valence-electron chi connectivity index (χ3n) is 5.16. The fourth-order valence-corrected chi connectivity index (χ4v) is 4.71. The van der Waals surface area contributed by atoms with Crippen LogP contribution < -0.4 is 5.32 Å². The molecule has 2 N–H and O–H groups in total. The van der Waals surface area contributed by atoms with Crippen molar-refractivity contribution in [2.75, 3.05) is 5.32 Å². The number of nitrogens with one attached hydrogen (secondary N) is 2. The Kier molecular flexibility index (Phi) is 5.58. The number of anilines is 1. The molecule has 1 saturated carbocycles. The molecule has 0 unspecified atom stereocenters. The molecule has 1 heterocycles. The number of thiocarbonyl (C=S) groups is 1. The van der Waals surface area contributed by atoms with Gasteiger partial charge in [-0.25, -0.2) is 0 Å². The first kappa shape index (κ1) is 18.6. The summed E-state index contributed by atoms with van der Waals surface area (Å²) in [7, 11) is 0. The van der Waals surface area contributed by atoms with Gasteiger partial charge >= 0.3 is 0 Å². The van der Waals surface area contributed by atoms with Crippen LogP contribution in [0, 0.1) is 0 Å². The molecule has 3 aromatic rings. The van der Waals surface area contributed by atoms with Gasteiger partial charge in [0.1, 0.15) is 0 Å². The maximum atomic E-state index is 6.14. The number of nitrogens with zero attached hydrogens (tertiary/aromatic N) is 1. The van der Waals surface area contributed by atoms with Gasteiger partial charge in [-0.2, -0.15) is 0 Å². The van der Waals surface area contributed by atoms with E-state index < -0.39 is 0 Å². The number of halogens is 2. The van der Waals surface area contributed by atoms with Gasteiger partial charge in [-0.1, -0.05) is 54.2 Å². The minimum Gasteiger partial charge on any atom is -0.361 e. The third-order valence-corrected chi connectivity index (χ3v) is 5.93. The largest absolute Gasteiger partial charge is 0.361 e. The zero-order valence-electron chi connectivity index (χ0n) is 14.8. The quantitative estimate of drug-likeness (QED) is 0.467. The minimum atomic E-state index is 0.452. The monoisotopic (exact) mass is 417 g/mol. The molecule has 0 spiro atoms. The summed E-state index contributed by atoms with van der Waals surface area (Å²) in [5, 5.41) is 6.49. The summed E-state index contributed by atoms with van der Waals surface area (Å²) < 4.78 is 0. The maximum Gasteiger partial charge on any atom is 0.173 e. The van der Waals surface area contributed by atoms with Crippen molar-refractivity contribution in [3.8, 4) is 0 Å². The van der Waals surface area contributed by atoms with E-state index in [1.807, 2.05) is 18.2 Å². The Bertz CT molecular complexity index is 943. The van der Waals surface area contributed by atoms with E-state index in [0.717, 1.165) is 17.7 Å². The van der Waals surface area contributed by atoms with Crippen molar-refractivity contribution in [1.82, 2.24) is 9.88 Å². The van der Waals surface area contributed by atoms with E-state index in [9.17, 15) is 0 Å². The van der Waals surface area contributed by atoms with Gasteiger partial charge in [0.05, 0.1) is 0 Å². The van der Waals surface area contributed by atoms with Crippen LogP contribution >= 0.6 is 35.4 Å². The summed E-state index contributed by atoms with van der Waals surface area (Å²) in [5.41, 5.74) is 3.23. The number of fused-ring (bicyclic) bond motifs is 1. The highest BCUT2D eigenvalue weighted by molar-refractivity contribution is 7.80. The molecule has 0 amide bonds. The van der Waals surface area contributed by atoms with Crippen LogP contribution in [0.15, 0.2) is 48.7 Å². The number of aromatic amines is 1. The summed E-state index contributed by atoms with van der Waals surface area (Å²) in [4.78, 5) is 5.67. The predicted octanol–water partition coefficient (Wildman–Crippen LogP) is 6.62. The van der Waals surface area contributed by atoms with E-state index in [0.29, 0.717) is 21.2 Å². The zero-order chi connectivity index (χ0) is 18.8. The van der Waals surface area contributed by atoms with Crippen molar-refractivity contribution < 1.29 is 0 Å². The van der Waals surface area contributed by atoms with E-state index in [2.05, 4.69) is 39.6 Å². The average molecular weight is 418 g/mol. The van der Waals surface area contributed by atoms with Crippen LogP contribution in [0.2, 0.25) is 10.0 Å². The van der Waals surface area contributed by atoms with Gasteiger partial charge in [0, 0.05) is 45.4 Å². The van der Waals surface area contributed by atoms with E-state index in [1.54, 1.807) is 6.07 Å². The number of benzene rings is 2. The van der Waals surface area contributed by atoms with E-state index in [1.165, 1.54) is 36.6 Å². The highest BCUT2D eigenvalue weighted by atomic mass is 35.5. The van der Waals surface area contributed by atoms with Crippen molar-refractivity contribution in [1.29, 1.82) is 0 Å². The summed E-state index contributed by atoms with van der Waals surface area (Å²) in [6.07, 6.45) is 6.92. The summed E-state index contributed by atoms with van der Waals surface area (Å²) in [5.74, 6) is 0. The van der Waals surface area contributed by atoms with Gasteiger partial charge in [0.25, 0.3) is 0 Å². The summed E-state index contributed by atoms with van der Waals surface area (Å²) in [6.45, 7) is 0.773. The number of aromatic nitrogens is 1. The Morgan fingerprint density at radius 2 is 1.81 bits per heavy atom. The Labute approximate surface area is 174 Å². The smallest absolute Gasteiger partial charge is 0.173 e. The molecule has 0 radical (unpaired) electrons. The van der Waals surface area contributed by atoms with Crippen molar-refractivity contribution in [3.63, 3.8) is 0 Å². The normalized spacial score (nSPS) is 14.6. The molecule has 1 fully saturated rings. The number of hydrogen-bond acceptors (Lipinski definition) is 1. The van der Waals surface area contributed by atoms with Gasteiger partial charge < -0.3 is 15.2 Å². The summed E-state index contributed by atoms with van der Waals surface area (Å²) >= 11 is 18.1. The van der Waals surface area contributed by atoms with Crippen LogP contribution in [0.3, 0.4) is 0 Å². The van der Waals surface area contributed by atoms with Crippen LogP contribution in [0.4, 0.5) is 5.69 Å². The number of para-hydroxylation sites is 1. The number of H-pyrrole nitrogens is 1. The SMILES string of the molecule is S=C(Nc1cc(Cl)cc(Cl)c1)N(Cc1c[nH]c2ccccc12)C1CCCC1. The Balaban J connectivity index is 1.59. The molecule has 140 valence electrons. The van der Waals surface area contributed by atoms with Crippen molar-refractivity contribution in [3.05, 3.63) is 64.3 Å². The van der Waals surface area contributed by atoms with Gasteiger partial charge in [0.2, 0.25) is 0 Å². The topological polar surface area (TPSA) is 31.1 Å². The second-order valence-corrected chi connectivity index (χ2v) is 8.27. The second kappa shape index (κ2) is 8.09. The molecule has 3 nitrogen and oxygen atoms in total. The Morgan fingerprint density at radius 3 is 2.56 bits per heavy atom. The Morgan fingerprint density at radius 1 is 1.11 bits per heavy atom. The molecule has 4 rings (SSSR count). The molecule has 27 heavy (non-hydrogen) atoms. The van der Waals surface area contributed by atoms with Crippen LogP contribution in [0.5, 0.6) is 0 Å². The molecule has 1 aliphatic carbocycles. The molecular formula is C21H21Cl2N3S. The van der Waals surface area contributed by atoms with Gasteiger partial charge in [-0.15, -0.1) is 0 Å². The van der Waals surface area contributed by atoms with Gasteiger partial charge in [-0.3, -0.25) is 0 Å². The lowest BCUT2D eigenvalue weighted by molar-refractivity contribution is 0.313. The molecule has 0 aliphatic heterocycles. The van der Waals surface area contributed by atoms with E-state index in [4.69, 9.17) is 35.4 Å². The van der Waals surface area contributed by atoms with Crippen LogP contribution in [0.1, 0.15) is 31.2 Å². The number of rotatable bonds is 4. The lowest BCUT2D eigenvalue weighted by atomic mass is 10.1. The standard InChI is InChI=1S/C21H21Cl2N3S/c22-15-9-16(23)11-17(10-15)25-21(27)26(18-5-1-2-6-18)13-14-12-24-20-8-4-3-7-19(14)20/h3-4,7-12,18,24H,1-2,5-6,13H2,(H,25,27). The lowest BCUT2D eigenvalue weighted by Gasteiger charge is -2.31. The van der Waals surface area contributed by atoms with Crippen molar-refractivity contribution in [2.24, 2.45) is 0 Å². The predicted molar refractivity (Wildman–Crippen MR) is 119 cm³/mol. The zero-order valence-corrected chi connectivity index (χ0v) is 17.2.